The van der Waals surface area contributed by atoms with E-state index in [-0.39, 0.29) is 24.2 Å². The molecule has 3 atom stereocenters. The minimum absolute atomic E-state index is 0.00268. The fourth-order valence-electron chi connectivity index (χ4n) is 3.21. The number of likely N-dealkylation sites (tertiary alicyclic amines) is 1. The number of hydrogen-bond donors (Lipinski definition) is 1. The Labute approximate surface area is 124 Å². The molecule has 3 heterocycles. The van der Waals surface area contributed by atoms with E-state index in [4.69, 9.17) is 9.26 Å². The Kier molecular flexibility index (Phi) is 4.14. The van der Waals surface area contributed by atoms with Crippen LogP contribution in [-0.2, 0) is 4.74 Å². The van der Waals surface area contributed by atoms with Gasteiger partial charge < -0.3 is 19.5 Å². The summed E-state index contributed by atoms with van der Waals surface area (Å²) in [6.07, 6.45) is 4.16. The van der Waals surface area contributed by atoms with Gasteiger partial charge in [-0.3, -0.25) is 0 Å². The van der Waals surface area contributed by atoms with Crippen molar-refractivity contribution < 1.29 is 14.1 Å². The third-order valence-corrected chi connectivity index (χ3v) is 4.36. The minimum atomic E-state index is -0.0328. The van der Waals surface area contributed by atoms with Gasteiger partial charge in [0.2, 0.25) is 0 Å². The van der Waals surface area contributed by atoms with E-state index in [0.29, 0.717) is 0 Å². The molecule has 0 spiro atoms. The van der Waals surface area contributed by atoms with Gasteiger partial charge in [0, 0.05) is 19.2 Å². The van der Waals surface area contributed by atoms with Crippen LogP contribution in [0.1, 0.15) is 50.1 Å². The van der Waals surface area contributed by atoms with Gasteiger partial charge in [-0.1, -0.05) is 5.16 Å². The summed E-state index contributed by atoms with van der Waals surface area (Å²) < 4.78 is 11.0. The third kappa shape index (κ3) is 3.05. The Balaban J connectivity index is 1.63. The first-order valence-electron chi connectivity index (χ1n) is 7.77. The second-order valence-electron chi connectivity index (χ2n) is 6.01. The van der Waals surface area contributed by atoms with Crippen molar-refractivity contribution >= 4 is 6.03 Å². The summed E-state index contributed by atoms with van der Waals surface area (Å²) in [6.45, 7) is 5.46. The van der Waals surface area contributed by atoms with Gasteiger partial charge in [0.05, 0.1) is 23.9 Å². The molecule has 6 heteroatoms. The van der Waals surface area contributed by atoms with E-state index in [1.807, 2.05) is 24.8 Å². The molecule has 0 unspecified atom stereocenters. The van der Waals surface area contributed by atoms with E-state index in [1.165, 1.54) is 0 Å². The van der Waals surface area contributed by atoms with Crippen molar-refractivity contribution in [2.45, 2.75) is 57.7 Å². The monoisotopic (exact) mass is 293 g/mol. The zero-order valence-corrected chi connectivity index (χ0v) is 12.7. The normalized spacial score (nSPS) is 27.0. The molecule has 1 N–H and O–H groups in total. The molecule has 0 aliphatic carbocycles. The average molecular weight is 293 g/mol. The molecule has 116 valence electrons. The van der Waals surface area contributed by atoms with Crippen LogP contribution in [0.5, 0.6) is 0 Å². The van der Waals surface area contributed by atoms with E-state index in [9.17, 15) is 4.79 Å². The molecule has 0 saturated carbocycles. The SMILES string of the molecule is Cc1cc([C@@H]2CCCN2C(=O)N[C@@H](C)[C@H]2CCCO2)on1. The van der Waals surface area contributed by atoms with Crippen LogP contribution in [-0.4, -0.2) is 41.4 Å². The predicted molar refractivity (Wildman–Crippen MR) is 76.9 cm³/mol. The molecule has 1 aromatic rings. The summed E-state index contributed by atoms with van der Waals surface area (Å²) in [6, 6.07) is 1.93. The fourth-order valence-corrected chi connectivity index (χ4v) is 3.21. The molecule has 2 saturated heterocycles. The number of aryl methyl sites for hydroxylation is 1. The van der Waals surface area contributed by atoms with Crippen LogP contribution in [0.25, 0.3) is 0 Å². The highest BCUT2D eigenvalue weighted by atomic mass is 16.5. The van der Waals surface area contributed by atoms with Gasteiger partial charge in [-0.2, -0.15) is 0 Å². The van der Waals surface area contributed by atoms with Crippen molar-refractivity contribution in [1.82, 2.24) is 15.4 Å². The van der Waals surface area contributed by atoms with E-state index < -0.39 is 0 Å². The molecule has 6 nitrogen and oxygen atoms in total. The van der Waals surface area contributed by atoms with Crippen molar-refractivity contribution in [1.29, 1.82) is 0 Å². The zero-order valence-electron chi connectivity index (χ0n) is 12.7. The molecule has 3 rings (SSSR count). The summed E-state index contributed by atoms with van der Waals surface area (Å²) in [7, 11) is 0. The van der Waals surface area contributed by atoms with Gasteiger partial charge in [-0.05, 0) is 39.5 Å². The molecule has 21 heavy (non-hydrogen) atoms. The molecule has 2 aliphatic heterocycles. The smallest absolute Gasteiger partial charge is 0.318 e. The van der Waals surface area contributed by atoms with Crippen LogP contribution in [0, 0.1) is 6.92 Å². The second-order valence-corrected chi connectivity index (χ2v) is 6.01. The summed E-state index contributed by atoms with van der Waals surface area (Å²) in [4.78, 5) is 14.4. The second kappa shape index (κ2) is 6.05. The molecule has 0 bridgehead atoms. The van der Waals surface area contributed by atoms with E-state index in [0.717, 1.165) is 50.3 Å². The molecule has 2 amide bonds. The zero-order chi connectivity index (χ0) is 14.8. The Hall–Kier alpha value is -1.56. The Bertz CT molecular complexity index is 496. The first-order chi connectivity index (χ1) is 10.1. The third-order valence-electron chi connectivity index (χ3n) is 4.36. The number of urea groups is 1. The fraction of sp³-hybridized carbons (Fsp3) is 0.733. The lowest BCUT2D eigenvalue weighted by molar-refractivity contribution is 0.0825. The molecular formula is C15H23N3O3. The van der Waals surface area contributed by atoms with Gasteiger partial charge >= 0.3 is 6.03 Å². The molecule has 2 fully saturated rings. The van der Waals surface area contributed by atoms with Crippen LogP contribution in [0.15, 0.2) is 10.6 Å². The molecular weight excluding hydrogens is 270 g/mol. The van der Waals surface area contributed by atoms with Crippen molar-refractivity contribution in [3.05, 3.63) is 17.5 Å². The van der Waals surface area contributed by atoms with Crippen LogP contribution in [0.3, 0.4) is 0 Å². The van der Waals surface area contributed by atoms with Crippen LogP contribution in [0.2, 0.25) is 0 Å². The lowest BCUT2D eigenvalue weighted by Gasteiger charge is -2.27. The first kappa shape index (κ1) is 14.4. The largest absolute Gasteiger partial charge is 0.376 e. The van der Waals surface area contributed by atoms with E-state index in [1.54, 1.807) is 0 Å². The summed E-state index contributed by atoms with van der Waals surface area (Å²) in [5, 5.41) is 7.00. The van der Waals surface area contributed by atoms with Gasteiger partial charge in [0.1, 0.15) is 0 Å². The topological polar surface area (TPSA) is 67.6 Å². The van der Waals surface area contributed by atoms with E-state index >= 15 is 0 Å². The quantitative estimate of drug-likeness (QED) is 0.929. The van der Waals surface area contributed by atoms with E-state index in [2.05, 4.69) is 10.5 Å². The van der Waals surface area contributed by atoms with Gasteiger partial charge in [0.15, 0.2) is 5.76 Å². The maximum Gasteiger partial charge on any atom is 0.318 e. The number of nitrogens with zero attached hydrogens (tertiary/aromatic N) is 2. The summed E-state index contributed by atoms with van der Waals surface area (Å²) in [5.41, 5.74) is 0.852. The maximum absolute atomic E-state index is 12.5. The number of carbonyl (C=O) groups is 1. The van der Waals surface area contributed by atoms with Gasteiger partial charge in [0.25, 0.3) is 0 Å². The molecule has 0 aromatic carbocycles. The lowest BCUT2D eigenvalue weighted by atomic mass is 10.1. The highest BCUT2D eigenvalue weighted by molar-refractivity contribution is 5.75. The number of amides is 2. The summed E-state index contributed by atoms with van der Waals surface area (Å²) in [5.74, 6) is 0.782. The highest BCUT2D eigenvalue weighted by Crippen LogP contribution is 2.32. The maximum atomic E-state index is 12.5. The van der Waals surface area contributed by atoms with Crippen LogP contribution < -0.4 is 5.32 Å². The van der Waals surface area contributed by atoms with Crippen molar-refractivity contribution in [2.24, 2.45) is 0 Å². The molecule has 2 aliphatic rings. The Morgan fingerprint density at radius 2 is 2.33 bits per heavy atom. The van der Waals surface area contributed by atoms with Gasteiger partial charge in [-0.25, -0.2) is 4.79 Å². The van der Waals surface area contributed by atoms with Gasteiger partial charge in [-0.15, -0.1) is 0 Å². The number of rotatable bonds is 3. The number of hydrogen-bond acceptors (Lipinski definition) is 4. The number of carbonyl (C=O) groups excluding carboxylic acids is 1. The van der Waals surface area contributed by atoms with Crippen LogP contribution in [0.4, 0.5) is 4.79 Å². The summed E-state index contributed by atoms with van der Waals surface area (Å²) >= 11 is 0. The predicted octanol–water partition coefficient (Wildman–Crippen LogP) is 2.40. The Morgan fingerprint density at radius 1 is 1.48 bits per heavy atom. The van der Waals surface area contributed by atoms with Crippen molar-refractivity contribution in [3.8, 4) is 0 Å². The minimum Gasteiger partial charge on any atom is -0.376 e. The van der Waals surface area contributed by atoms with Crippen molar-refractivity contribution in [2.75, 3.05) is 13.2 Å². The first-order valence-corrected chi connectivity index (χ1v) is 7.77. The highest BCUT2D eigenvalue weighted by Gasteiger charge is 2.34. The van der Waals surface area contributed by atoms with Crippen LogP contribution >= 0.6 is 0 Å². The molecule has 1 aromatic heterocycles. The standard InChI is InChI=1S/C15H23N3O3/c1-10-9-14(21-17-10)12-5-3-7-18(12)15(19)16-11(2)13-6-4-8-20-13/h9,11-13H,3-8H2,1-2H3,(H,16,19)/t11-,12-,13+/m0/s1. The molecule has 0 radical (unpaired) electrons. The Morgan fingerprint density at radius 3 is 3.00 bits per heavy atom. The number of nitrogens with one attached hydrogen (secondary N) is 1. The number of aromatic nitrogens is 1. The number of ether oxygens (including phenoxy) is 1. The average Bonchev–Trinajstić information content (AvgIpc) is 3.19. The lowest BCUT2D eigenvalue weighted by Crippen LogP contribution is -2.47. The van der Waals surface area contributed by atoms with Crippen molar-refractivity contribution in [3.63, 3.8) is 0 Å².